The van der Waals surface area contributed by atoms with Gasteiger partial charge in [0.15, 0.2) is 0 Å². The summed E-state index contributed by atoms with van der Waals surface area (Å²) in [5, 5.41) is 0. The lowest BCUT2D eigenvalue weighted by Gasteiger charge is -2.33. The van der Waals surface area contributed by atoms with Gasteiger partial charge >= 0.3 is 0 Å². The molecule has 0 atom stereocenters. The van der Waals surface area contributed by atoms with Crippen LogP contribution in [0.2, 0.25) is 0 Å². The molecule has 2 rings (SSSR count). The van der Waals surface area contributed by atoms with E-state index in [1.807, 2.05) is 11.9 Å². The lowest BCUT2D eigenvalue weighted by molar-refractivity contribution is 0.427. The van der Waals surface area contributed by atoms with E-state index < -0.39 is 11.6 Å². The van der Waals surface area contributed by atoms with Gasteiger partial charge in [0.25, 0.3) is 0 Å². The smallest absolute Gasteiger partial charge is 0.128 e. The van der Waals surface area contributed by atoms with Gasteiger partial charge in [0, 0.05) is 24.8 Å². The predicted molar refractivity (Wildman–Crippen MR) is 61.6 cm³/mol. The molecule has 1 aromatic rings. The van der Waals surface area contributed by atoms with Gasteiger partial charge in [0.1, 0.15) is 11.6 Å². The number of halogens is 2. The van der Waals surface area contributed by atoms with Crippen LogP contribution in [0.15, 0.2) is 18.2 Å². The Bertz CT molecular complexity index is 339. The SMILES string of the molecule is CN(c1cc(F)cc(F)c1)C1CCCCC1. The van der Waals surface area contributed by atoms with Gasteiger partial charge in [-0.2, -0.15) is 0 Å². The topological polar surface area (TPSA) is 3.24 Å². The molecule has 0 aliphatic heterocycles. The van der Waals surface area contributed by atoms with Crippen LogP contribution in [0.3, 0.4) is 0 Å². The van der Waals surface area contributed by atoms with E-state index in [1.165, 1.54) is 31.4 Å². The summed E-state index contributed by atoms with van der Waals surface area (Å²) in [7, 11) is 1.92. The minimum Gasteiger partial charge on any atom is -0.371 e. The maximum atomic E-state index is 13.1. The molecule has 88 valence electrons. The van der Waals surface area contributed by atoms with Gasteiger partial charge in [-0.15, -0.1) is 0 Å². The van der Waals surface area contributed by atoms with Gasteiger partial charge in [0.05, 0.1) is 0 Å². The Morgan fingerprint density at radius 2 is 1.56 bits per heavy atom. The summed E-state index contributed by atoms with van der Waals surface area (Å²) < 4.78 is 26.2. The largest absolute Gasteiger partial charge is 0.371 e. The summed E-state index contributed by atoms with van der Waals surface area (Å²) in [4.78, 5) is 2.01. The summed E-state index contributed by atoms with van der Waals surface area (Å²) in [5.74, 6) is -1.00. The van der Waals surface area contributed by atoms with Crippen LogP contribution in [-0.2, 0) is 0 Å². The van der Waals surface area contributed by atoms with Crippen molar-refractivity contribution in [2.45, 2.75) is 38.1 Å². The fourth-order valence-electron chi connectivity index (χ4n) is 2.42. The number of anilines is 1. The molecule has 1 aromatic carbocycles. The number of hydrogen-bond donors (Lipinski definition) is 0. The van der Waals surface area contributed by atoms with Crippen molar-refractivity contribution in [1.29, 1.82) is 0 Å². The molecule has 16 heavy (non-hydrogen) atoms. The Morgan fingerprint density at radius 1 is 1.00 bits per heavy atom. The third kappa shape index (κ3) is 2.52. The van der Waals surface area contributed by atoms with Crippen molar-refractivity contribution in [3.8, 4) is 0 Å². The second-order valence-electron chi connectivity index (χ2n) is 4.53. The van der Waals surface area contributed by atoms with Crippen molar-refractivity contribution >= 4 is 5.69 Å². The molecular formula is C13H17F2N. The maximum Gasteiger partial charge on any atom is 0.128 e. The van der Waals surface area contributed by atoms with E-state index in [4.69, 9.17) is 0 Å². The van der Waals surface area contributed by atoms with Gasteiger partial charge in [-0.3, -0.25) is 0 Å². The van der Waals surface area contributed by atoms with E-state index in [1.54, 1.807) is 0 Å². The summed E-state index contributed by atoms with van der Waals surface area (Å²) in [5.41, 5.74) is 0.643. The summed E-state index contributed by atoms with van der Waals surface area (Å²) in [6.07, 6.45) is 5.95. The Morgan fingerprint density at radius 3 is 2.12 bits per heavy atom. The minimum atomic E-state index is -0.502. The molecule has 0 unspecified atom stereocenters. The molecule has 0 aromatic heterocycles. The van der Waals surface area contributed by atoms with Gasteiger partial charge in [0.2, 0.25) is 0 Å². The fourth-order valence-corrected chi connectivity index (χ4v) is 2.42. The second kappa shape index (κ2) is 4.81. The second-order valence-corrected chi connectivity index (χ2v) is 4.53. The van der Waals surface area contributed by atoms with E-state index in [0.717, 1.165) is 18.9 Å². The summed E-state index contributed by atoms with van der Waals surface area (Å²) >= 11 is 0. The first-order chi connectivity index (χ1) is 7.66. The molecule has 0 heterocycles. The molecule has 0 radical (unpaired) electrons. The Kier molecular flexibility index (Phi) is 3.42. The van der Waals surface area contributed by atoms with Crippen LogP contribution in [0.25, 0.3) is 0 Å². The monoisotopic (exact) mass is 225 g/mol. The van der Waals surface area contributed by atoms with Crippen LogP contribution in [0.5, 0.6) is 0 Å². The molecule has 0 amide bonds. The summed E-state index contributed by atoms with van der Waals surface area (Å²) in [6.45, 7) is 0. The van der Waals surface area contributed by atoms with Crippen molar-refractivity contribution in [2.24, 2.45) is 0 Å². The molecule has 1 saturated carbocycles. The van der Waals surface area contributed by atoms with E-state index in [2.05, 4.69) is 0 Å². The fraction of sp³-hybridized carbons (Fsp3) is 0.538. The highest BCUT2D eigenvalue weighted by Crippen LogP contribution is 2.26. The zero-order chi connectivity index (χ0) is 11.5. The van der Waals surface area contributed by atoms with Gasteiger partial charge in [-0.25, -0.2) is 8.78 Å². The molecule has 1 aliphatic rings. The quantitative estimate of drug-likeness (QED) is 0.741. The molecule has 3 heteroatoms. The van der Waals surface area contributed by atoms with Crippen LogP contribution in [0, 0.1) is 11.6 Å². The van der Waals surface area contributed by atoms with E-state index in [-0.39, 0.29) is 0 Å². The molecule has 1 aliphatic carbocycles. The Hall–Kier alpha value is -1.12. The lowest BCUT2D eigenvalue weighted by atomic mass is 9.94. The Labute approximate surface area is 95.1 Å². The van der Waals surface area contributed by atoms with Crippen LogP contribution < -0.4 is 4.90 Å². The van der Waals surface area contributed by atoms with Gasteiger partial charge < -0.3 is 4.90 Å². The first-order valence-electron chi connectivity index (χ1n) is 5.86. The molecule has 0 spiro atoms. The van der Waals surface area contributed by atoms with Gasteiger partial charge in [-0.1, -0.05) is 19.3 Å². The number of rotatable bonds is 2. The number of nitrogens with zero attached hydrogens (tertiary/aromatic N) is 1. The third-order valence-corrected chi connectivity index (χ3v) is 3.38. The third-order valence-electron chi connectivity index (χ3n) is 3.38. The molecular weight excluding hydrogens is 208 g/mol. The predicted octanol–water partition coefficient (Wildman–Crippen LogP) is 3.73. The molecule has 1 nitrogen and oxygen atoms in total. The zero-order valence-corrected chi connectivity index (χ0v) is 9.55. The van der Waals surface area contributed by atoms with Crippen molar-refractivity contribution in [3.05, 3.63) is 29.8 Å². The van der Waals surface area contributed by atoms with Crippen LogP contribution in [0.1, 0.15) is 32.1 Å². The lowest BCUT2D eigenvalue weighted by Crippen LogP contribution is -2.33. The van der Waals surface area contributed by atoms with Crippen molar-refractivity contribution in [3.63, 3.8) is 0 Å². The van der Waals surface area contributed by atoms with E-state index in [0.29, 0.717) is 11.7 Å². The first kappa shape index (κ1) is 11.4. The highest BCUT2D eigenvalue weighted by atomic mass is 19.1. The normalized spacial score (nSPS) is 17.4. The number of benzene rings is 1. The molecule has 0 saturated heterocycles. The highest BCUT2D eigenvalue weighted by molar-refractivity contribution is 5.47. The molecule has 1 fully saturated rings. The van der Waals surface area contributed by atoms with Crippen molar-refractivity contribution in [2.75, 3.05) is 11.9 Å². The highest BCUT2D eigenvalue weighted by Gasteiger charge is 2.19. The van der Waals surface area contributed by atoms with Gasteiger partial charge in [-0.05, 0) is 25.0 Å². The van der Waals surface area contributed by atoms with Crippen molar-refractivity contribution < 1.29 is 8.78 Å². The molecule has 0 bridgehead atoms. The average Bonchev–Trinajstić information content (AvgIpc) is 2.28. The molecule has 0 N–H and O–H groups in total. The van der Waals surface area contributed by atoms with Crippen LogP contribution >= 0.6 is 0 Å². The van der Waals surface area contributed by atoms with E-state index >= 15 is 0 Å². The number of hydrogen-bond acceptors (Lipinski definition) is 1. The van der Waals surface area contributed by atoms with Crippen LogP contribution in [0.4, 0.5) is 14.5 Å². The standard InChI is InChI=1S/C13H17F2N/c1-16(12-5-3-2-4-6-12)13-8-10(14)7-11(15)9-13/h7-9,12H,2-6H2,1H3. The first-order valence-corrected chi connectivity index (χ1v) is 5.86. The Balaban J connectivity index is 2.15. The summed E-state index contributed by atoms with van der Waals surface area (Å²) in [6, 6.07) is 4.14. The van der Waals surface area contributed by atoms with Crippen molar-refractivity contribution in [1.82, 2.24) is 0 Å². The van der Waals surface area contributed by atoms with Crippen LogP contribution in [-0.4, -0.2) is 13.1 Å². The minimum absolute atomic E-state index is 0.426. The average molecular weight is 225 g/mol. The zero-order valence-electron chi connectivity index (χ0n) is 9.55. The maximum absolute atomic E-state index is 13.1. The van der Waals surface area contributed by atoms with E-state index in [9.17, 15) is 8.78 Å².